The lowest BCUT2D eigenvalue weighted by atomic mass is 10.3. The summed E-state index contributed by atoms with van der Waals surface area (Å²) in [5, 5.41) is 3.09. The van der Waals surface area contributed by atoms with Crippen LogP contribution >= 0.6 is 0 Å². The molecule has 1 aromatic heterocycles. The van der Waals surface area contributed by atoms with Gasteiger partial charge in [-0.15, -0.1) is 0 Å². The molecule has 0 fully saturated rings. The Morgan fingerprint density at radius 1 is 1.64 bits per heavy atom. The van der Waals surface area contributed by atoms with Gasteiger partial charge < -0.3 is 11.1 Å². The summed E-state index contributed by atoms with van der Waals surface area (Å²) in [5.41, 5.74) is 5.41. The minimum absolute atomic E-state index is 0.242. The van der Waals surface area contributed by atoms with Crippen molar-refractivity contribution in [3.63, 3.8) is 0 Å². The third kappa shape index (κ3) is 2.51. The molecular formula is C7H12N4. The van der Waals surface area contributed by atoms with Crippen LogP contribution in [0.3, 0.4) is 0 Å². The number of aromatic nitrogens is 2. The van der Waals surface area contributed by atoms with E-state index < -0.39 is 0 Å². The van der Waals surface area contributed by atoms with Gasteiger partial charge in [-0.05, 0) is 6.92 Å². The summed E-state index contributed by atoms with van der Waals surface area (Å²) < 4.78 is 0. The van der Waals surface area contributed by atoms with Crippen LogP contribution in [0.15, 0.2) is 18.6 Å². The molecule has 0 radical (unpaired) electrons. The van der Waals surface area contributed by atoms with Gasteiger partial charge in [0.1, 0.15) is 5.82 Å². The second-order valence-electron chi connectivity index (χ2n) is 2.37. The molecule has 1 atom stereocenters. The molecule has 60 valence electrons. The molecule has 0 aliphatic rings. The number of nitrogens with zero attached hydrogens (tertiary/aromatic N) is 2. The Morgan fingerprint density at radius 2 is 2.45 bits per heavy atom. The van der Waals surface area contributed by atoms with Crippen molar-refractivity contribution in [2.24, 2.45) is 5.73 Å². The van der Waals surface area contributed by atoms with E-state index in [1.54, 1.807) is 18.6 Å². The molecule has 0 unspecified atom stereocenters. The maximum absolute atomic E-state index is 5.41. The van der Waals surface area contributed by atoms with Crippen molar-refractivity contribution in [3.8, 4) is 0 Å². The molecule has 4 nitrogen and oxygen atoms in total. The van der Waals surface area contributed by atoms with Crippen molar-refractivity contribution in [2.75, 3.05) is 11.9 Å². The lowest BCUT2D eigenvalue weighted by Crippen LogP contribution is -2.25. The Morgan fingerprint density at radius 3 is 3.00 bits per heavy atom. The van der Waals surface area contributed by atoms with Gasteiger partial charge in [0.25, 0.3) is 0 Å². The van der Waals surface area contributed by atoms with Gasteiger partial charge in [0.05, 0.1) is 6.20 Å². The first-order valence-electron chi connectivity index (χ1n) is 3.55. The molecule has 0 aliphatic heterocycles. The van der Waals surface area contributed by atoms with Crippen molar-refractivity contribution in [1.29, 1.82) is 0 Å². The quantitative estimate of drug-likeness (QED) is 0.651. The van der Waals surface area contributed by atoms with Crippen molar-refractivity contribution in [1.82, 2.24) is 9.97 Å². The molecule has 0 aromatic carbocycles. The van der Waals surface area contributed by atoms with E-state index in [-0.39, 0.29) is 6.04 Å². The normalized spacial score (nSPS) is 12.5. The fourth-order valence-corrected chi connectivity index (χ4v) is 0.685. The summed E-state index contributed by atoms with van der Waals surface area (Å²) in [5.74, 6) is 0.769. The Labute approximate surface area is 65.9 Å². The van der Waals surface area contributed by atoms with Gasteiger partial charge in [0, 0.05) is 25.0 Å². The van der Waals surface area contributed by atoms with Crippen LogP contribution in [0.4, 0.5) is 5.82 Å². The van der Waals surface area contributed by atoms with Crippen molar-refractivity contribution >= 4 is 5.82 Å². The summed E-state index contributed by atoms with van der Waals surface area (Å²) in [4.78, 5) is 7.94. The predicted molar refractivity (Wildman–Crippen MR) is 44.2 cm³/mol. The fourth-order valence-electron chi connectivity index (χ4n) is 0.685. The van der Waals surface area contributed by atoms with E-state index in [0.717, 1.165) is 5.82 Å². The zero-order valence-corrected chi connectivity index (χ0v) is 6.49. The zero-order valence-electron chi connectivity index (χ0n) is 6.49. The summed E-state index contributed by atoms with van der Waals surface area (Å²) in [6.07, 6.45) is 4.95. The van der Waals surface area contributed by atoms with E-state index in [1.807, 2.05) is 6.92 Å². The van der Waals surface area contributed by atoms with Crippen LogP contribution in [0.25, 0.3) is 0 Å². The van der Waals surface area contributed by atoms with Crippen LogP contribution in [-0.2, 0) is 0 Å². The first kappa shape index (κ1) is 7.94. The first-order chi connectivity index (χ1) is 5.33. The van der Waals surface area contributed by atoms with Crippen molar-refractivity contribution in [3.05, 3.63) is 18.6 Å². The van der Waals surface area contributed by atoms with E-state index in [9.17, 15) is 0 Å². The highest BCUT2D eigenvalue weighted by Gasteiger charge is 1.97. The minimum Gasteiger partial charge on any atom is -0.365 e. The van der Waals surface area contributed by atoms with E-state index >= 15 is 0 Å². The smallest absolute Gasteiger partial charge is 0.144 e. The van der Waals surface area contributed by atoms with Gasteiger partial charge in [0.2, 0.25) is 0 Å². The topological polar surface area (TPSA) is 63.8 Å². The zero-order chi connectivity index (χ0) is 8.10. The molecule has 1 heterocycles. The fraction of sp³-hybridized carbons (Fsp3) is 0.429. The van der Waals surface area contributed by atoms with Gasteiger partial charge in [-0.25, -0.2) is 4.98 Å². The van der Waals surface area contributed by atoms with Gasteiger partial charge in [-0.2, -0.15) is 0 Å². The maximum atomic E-state index is 5.41. The van der Waals surface area contributed by atoms with Crippen LogP contribution in [0, 0.1) is 0 Å². The maximum Gasteiger partial charge on any atom is 0.144 e. The molecule has 0 spiro atoms. The molecule has 3 N–H and O–H groups in total. The molecule has 0 saturated heterocycles. The van der Waals surface area contributed by atoms with Gasteiger partial charge in [-0.3, -0.25) is 4.98 Å². The largest absolute Gasteiger partial charge is 0.365 e. The third-order valence-electron chi connectivity index (χ3n) is 1.31. The number of anilines is 1. The molecule has 0 saturated carbocycles. The number of nitrogens with two attached hydrogens (primary N) is 1. The highest BCUT2D eigenvalue weighted by atomic mass is 15.0. The Balaban J connectivity index is 2.51. The predicted octanol–water partition coefficient (Wildman–Crippen LogP) is 0.236. The molecular weight excluding hydrogens is 140 g/mol. The van der Waals surface area contributed by atoms with E-state index in [4.69, 9.17) is 5.73 Å². The Kier molecular flexibility index (Phi) is 2.80. The monoisotopic (exact) mass is 152 g/mol. The van der Waals surface area contributed by atoms with Crippen LogP contribution in [0.1, 0.15) is 6.92 Å². The highest BCUT2D eigenvalue weighted by molar-refractivity contribution is 5.30. The summed E-state index contributed by atoms with van der Waals surface area (Å²) in [7, 11) is 0. The summed E-state index contributed by atoms with van der Waals surface area (Å²) in [6.45, 7) is 2.59. The van der Waals surface area contributed by atoms with E-state index in [0.29, 0.717) is 6.54 Å². The SMILES string of the molecule is C[C@@H](CN)Nc1cnccn1. The number of hydrogen-bond acceptors (Lipinski definition) is 4. The third-order valence-corrected chi connectivity index (χ3v) is 1.31. The van der Waals surface area contributed by atoms with Crippen molar-refractivity contribution in [2.45, 2.75) is 13.0 Å². The van der Waals surface area contributed by atoms with Crippen LogP contribution in [-0.4, -0.2) is 22.6 Å². The molecule has 0 amide bonds. The molecule has 11 heavy (non-hydrogen) atoms. The van der Waals surface area contributed by atoms with Crippen LogP contribution < -0.4 is 11.1 Å². The van der Waals surface area contributed by atoms with E-state index in [2.05, 4.69) is 15.3 Å². The number of rotatable bonds is 3. The van der Waals surface area contributed by atoms with Crippen molar-refractivity contribution < 1.29 is 0 Å². The van der Waals surface area contributed by atoms with Gasteiger partial charge in [-0.1, -0.05) is 0 Å². The summed E-state index contributed by atoms with van der Waals surface area (Å²) >= 11 is 0. The lowest BCUT2D eigenvalue weighted by molar-refractivity contribution is 0.796. The average Bonchev–Trinajstić information content (AvgIpc) is 2.06. The molecule has 0 aliphatic carbocycles. The average molecular weight is 152 g/mol. The Hall–Kier alpha value is -1.16. The summed E-state index contributed by atoms with van der Waals surface area (Å²) in [6, 6.07) is 0.242. The second kappa shape index (κ2) is 3.88. The molecule has 1 rings (SSSR count). The second-order valence-corrected chi connectivity index (χ2v) is 2.37. The molecule has 0 bridgehead atoms. The number of nitrogens with one attached hydrogen (secondary N) is 1. The number of hydrogen-bond donors (Lipinski definition) is 2. The minimum atomic E-state index is 0.242. The Bertz CT molecular complexity index is 199. The first-order valence-corrected chi connectivity index (χ1v) is 3.55. The van der Waals surface area contributed by atoms with Gasteiger partial charge >= 0.3 is 0 Å². The molecule has 4 heteroatoms. The lowest BCUT2D eigenvalue weighted by Gasteiger charge is -2.10. The van der Waals surface area contributed by atoms with Crippen LogP contribution in [0.2, 0.25) is 0 Å². The van der Waals surface area contributed by atoms with Crippen LogP contribution in [0.5, 0.6) is 0 Å². The molecule has 1 aromatic rings. The van der Waals surface area contributed by atoms with E-state index in [1.165, 1.54) is 0 Å². The standard InChI is InChI=1S/C7H12N4/c1-6(4-8)11-7-5-9-2-3-10-7/h2-3,5-6H,4,8H2,1H3,(H,10,11)/t6-/m0/s1. The van der Waals surface area contributed by atoms with Gasteiger partial charge in [0.15, 0.2) is 0 Å². The highest BCUT2D eigenvalue weighted by Crippen LogP contribution is 1.98.